The molecule has 0 aliphatic carbocycles. The van der Waals surface area contributed by atoms with E-state index in [1.807, 2.05) is 14.1 Å². The Hall–Kier alpha value is -2.18. The van der Waals surface area contributed by atoms with Crippen LogP contribution in [0.1, 0.15) is 12.0 Å². The predicted octanol–water partition coefficient (Wildman–Crippen LogP) is 1.94. The van der Waals surface area contributed by atoms with Gasteiger partial charge in [0.25, 0.3) is 0 Å². The summed E-state index contributed by atoms with van der Waals surface area (Å²) < 4.78 is 5.33. The van der Waals surface area contributed by atoms with Gasteiger partial charge in [-0.25, -0.2) is 4.98 Å². The van der Waals surface area contributed by atoms with Crippen LogP contribution >= 0.6 is 0 Å². The average molecular weight is 342 g/mol. The lowest BCUT2D eigenvalue weighted by Crippen LogP contribution is -2.38. The molecular weight excluding hydrogens is 316 g/mol. The van der Waals surface area contributed by atoms with Gasteiger partial charge in [0.05, 0.1) is 12.7 Å². The Balaban J connectivity index is 1.52. The second kappa shape index (κ2) is 8.27. The predicted molar refractivity (Wildman–Crippen MR) is 97.0 cm³/mol. The van der Waals surface area contributed by atoms with E-state index in [-0.39, 0.29) is 5.91 Å². The molecule has 0 radical (unpaired) electrons. The van der Waals surface area contributed by atoms with E-state index in [2.05, 4.69) is 39.0 Å². The molecule has 134 valence electrons. The van der Waals surface area contributed by atoms with Crippen LogP contribution in [0.3, 0.4) is 0 Å². The summed E-state index contributed by atoms with van der Waals surface area (Å²) >= 11 is 0. The third-order valence-corrected chi connectivity index (χ3v) is 4.58. The number of nitrogens with zero attached hydrogens (tertiary/aromatic N) is 4. The topological polar surface area (TPSA) is 52.8 Å². The maximum Gasteiger partial charge on any atom is 0.236 e. The Bertz CT molecular complexity index is 667. The summed E-state index contributed by atoms with van der Waals surface area (Å²) in [7, 11) is 3.63. The molecule has 6 heteroatoms. The maximum absolute atomic E-state index is 11.9. The molecule has 25 heavy (non-hydrogen) atoms. The minimum absolute atomic E-state index is 0.176. The van der Waals surface area contributed by atoms with E-state index in [0.29, 0.717) is 12.4 Å². The van der Waals surface area contributed by atoms with Crippen LogP contribution in [0.25, 0.3) is 11.5 Å². The lowest BCUT2D eigenvalue weighted by molar-refractivity contribution is -0.129. The second-order valence-corrected chi connectivity index (χ2v) is 6.73. The Morgan fingerprint density at radius 3 is 2.52 bits per heavy atom. The number of oxazole rings is 1. The molecule has 1 fully saturated rings. The van der Waals surface area contributed by atoms with Crippen LogP contribution in [0, 0.1) is 0 Å². The minimum atomic E-state index is 0.176. The standard InChI is InChI=1S/C19H26N4O2/c1-21(2)18(24)15-23-10-3-9-22(11-12-23)14-16-4-6-17(7-5-16)19-20-8-13-25-19/h4-8,13H,3,9-12,14-15H2,1-2H3. The number of benzene rings is 1. The zero-order valence-electron chi connectivity index (χ0n) is 15.0. The quantitative estimate of drug-likeness (QED) is 0.831. The first-order chi connectivity index (χ1) is 12.1. The highest BCUT2D eigenvalue weighted by Gasteiger charge is 2.18. The monoisotopic (exact) mass is 342 g/mol. The zero-order valence-corrected chi connectivity index (χ0v) is 15.0. The first-order valence-electron chi connectivity index (χ1n) is 8.75. The van der Waals surface area contributed by atoms with E-state index in [0.717, 1.165) is 44.7 Å². The fourth-order valence-electron chi connectivity index (χ4n) is 3.05. The SMILES string of the molecule is CN(C)C(=O)CN1CCCN(Cc2ccc(-c3ncco3)cc2)CC1. The van der Waals surface area contributed by atoms with Crippen molar-refractivity contribution in [2.45, 2.75) is 13.0 Å². The molecule has 0 saturated carbocycles. The largest absolute Gasteiger partial charge is 0.445 e. The molecule has 0 spiro atoms. The van der Waals surface area contributed by atoms with Gasteiger partial charge in [-0.15, -0.1) is 0 Å². The van der Waals surface area contributed by atoms with Gasteiger partial charge in [0.2, 0.25) is 11.8 Å². The fourth-order valence-corrected chi connectivity index (χ4v) is 3.05. The molecule has 3 rings (SSSR count). The van der Waals surface area contributed by atoms with E-state index in [9.17, 15) is 4.79 Å². The molecule has 2 aromatic rings. The van der Waals surface area contributed by atoms with Gasteiger partial charge in [-0.2, -0.15) is 0 Å². The van der Waals surface area contributed by atoms with Crippen LogP contribution in [0.4, 0.5) is 0 Å². The van der Waals surface area contributed by atoms with Crippen LogP contribution in [-0.4, -0.2) is 72.4 Å². The summed E-state index contributed by atoms with van der Waals surface area (Å²) in [5.74, 6) is 0.832. The first kappa shape index (κ1) is 17.6. The average Bonchev–Trinajstić information content (AvgIpc) is 3.05. The summed E-state index contributed by atoms with van der Waals surface area (Å²) in [6.07, 6.45) is 4.34. The Morgan fingerprint density at radius 2 is 1.84 bits per heavy atom. The van der Waals surface area contributed by atoms with Crippen molar-refractivity contribution < 1.29 is 9.21 Å². The molecule has 0 unspecified atom stereocenters. The normalized spacial score (nSPS) is 16.6. The molecule has 2 heterocycles. The number of likely N-dealkylation sites (N-methyl/N-ethyl adjacent to an activating group) is 1. The highest BCUT2D eigenvalue weighted by Crippen LogP contribution is 2.18. The van der Waals surface area contributed by atoms with Gasteiger partial charge in [0, 0.05) is 39.3 Å². The summed E-state index contributed by atoms with van der Waals surface area (Å²) in [6, 6.07) is 8.39. The van der Waals surface area contributed by atoms with Crippen LogP contribution in [-0.2, 0) is 11.3 Å². The molecule has 1 aliphatic heterocycles. The molecular formula is C19H26N4O2. The van der Waals surface area contributed by atoms with Crippen molar-refractivity contribution in [1.82, 2.24) is 19.7 Å². The Morgan fingerprint density at radius 1 is 1.12 bits per heavy atom. The molecule has 0 atom stereocenters. The van der Waals surface area contributed by atoms with E-state index >= 15 is 0 Å². The number of aromatic nitrogens is 1. The van der Waals surface area contributed by atoms with Gasteiger partial charge >= 0.3 is 0 Å². The molecule has 1 amide bonds. The van der Waals surface area contributed by atoms with Gasteiger partial charge < -0.3 is 9.32 Å². The number of hydrogen-bond donors (Lipinski definition) is 0. The van der Waals surface area contributed by atoms with Crippen molar-refractivity contribution in [3.8, 4) is 11.5 Å². The number of carbonyl (C=O) groups excluding carboxylic acids is 1. The highest BCUT2D eigenvalue weighted by molar-refractivity contribution is 5.77. The van der Waals surface area contributed by atoms with Crippen molar-refractivity contribution in [3.63, 3.8) is 0 Å². The Labute approximate surface area is 149 Å². The minimum Gasteiger partial charge on any atom is -0.445 e. The summed E-state index contributed by atoms with van der Waals surface area (Å²) in [5, 5.41) is 0. The first-order valence-corrected chi connectivity index (χ1v) is 8.75. The smallest absolute Gasteiger partial charge is 0.236 e. The van der Waals surface area contributed by atoms with E-state index in [1.165, 1.54) is 5.56 Å². The van der Waals surface area contributed by atoms with Gasteiger partial charge in [-0.3, -0.25) is 14.6 Å². The van der Waals surface area contributed by atoms with Gasteiger partial charge in [-0.1, -0.05) is 12.1 Å². The summed E-state index contributed by atoms with van der Waals surface area (Å²) in [5.41, 5.74) is 2.28. The lowest BCUT2D eigenvalue weighted by atomic mass is 10.1. The molecule has 0 bridgehead atoms. The number of amides is 1. The van der Waals surface area contributed by atoms with Gasteiger partial charge in [-0.05, 0) is 37.2 Å². The van der Waals surface area contributed by atoms with Crippen molar-refractivity contribution in [2.24, 2.45) is 0 Å². The summed E-state index contributed by atoms with van der Waals surface area (Å²) in [6.45, 7) is 5.43. The third kappa shape index (κ3) is 4.90. The van der Waals surface area contributed by atoms with Crippen molar-refractivity contribution in [3.05, 3.63) is 42.3 Å². The zero-order chi connectivity index (χ0) is 17.6. The van der Waals surface area contributed by atoms with Gasteiger partial charge in [0.15, 0.2) is 0 Å². The van der Waals surface area contributed by atoms with Crippen LogP contribution in [0.15, 0.2) is 41.1 Å². The molecule has 1 aliphatic rings. The number of hydrogen-bond acceptors (Lipinski definition) is 5. The highest BCUT2D eigenvalue weighted by atomic mass is 16.3. The lowest BCUT2D eigenvalue weighted by Gasteiger charge is -2.22. The van der Waals surface area contributed by atoms with Crippen LogP contribution in [0.2, 0.25) is 0 Å². The van der Waals surface area contributed by atoms with E-state index < -0.39 is 0 Å². The molecule has 6 nitrogen and oxygen atoms in total. The maximum atomic E-state index is 11.9. The van der Waals surface area contributed by atoms with E-state index in [4.69, 9.17) is 4.42 Å². The van der Waals surface area contributed by atoms with Crippen LogP contribution in [0.5, 0.6) is 0 Å². The molecule has 1 aromatic carbocycles. The fraction of sp³-hybridized carbons (Fsp3) is 0.474. The van der Waals surface area contributed by atoms with Gasteiger partial charge in [0.1, 0.15) is 6.26 Å². The van der Waals surface area contributed by atoms with Crippen molar-refractivity contribution in [1.29, 1.82) is 0 Å². The van der Waals surface area contributed by atoms with Crippen molar-refractivity contribution >= 4 is 5.91 Å². The van der Waals surface area contributed by atoms with Crippen molar-refractivity contribution in [2.75, 3.05) is 46.8 Å². The number of rotatable bonds is 5. The van der Waals surface area contributed by atoms with E-state index in [1.54, 1.807) is 17.4 Å². The molecule has 0 N–H and O–H groups in total. The third-order valence-electron chi connectivity index (χ3n) is 4.58. The van der Waals surface area contributed by atoms with Crippen LogP contribution < -0.4 is 0 Å². The molecule has 1 aromatic heterocycles. The second-order valence-electron chi connectivity index (χ2n) is 6.73. The summed E-state index contributed by atoms with van der Waals surface area (Å²) in [4.78, 5) is 22.4. The Kier molecular flexibility index (Phi) is 5.83. The number of carbonyl (C=O) groups is 1. The molecule has 1 saturated heterocycles.